The van der Waals surface area contributed by atoms with Crippen molar-refractivity contribution in [3.63, 3.8) is 0 Å². The van der Waals surface area contributed by atoms with E-state index in [9.17, 15) is 18.3 Å². The molecule has 1 fully saturated rings. The molecule has 1 aliphatic rings. The van der Waals surface area contributed by atoms with E-state index in [1.807, 2.05) is 0 Å². The zero-order valence-corrected chi connectivity index (χ0v) is 14.3. The Morgan fingerprint density at radius 3 is 2.70 bits per heavy atom. The van der Waals surface area contributed by atoms with Crippen LogP contribution in [-0.2, 0) is 14.8 Å². The highest BCUT2D eigenvalue weighted by Gasteiger charge is 2.34. The number of ether oxygens (including phenoxy) is 1. The van der Waals surface area contributed by atoms with E-state index < -0.39 is 10.0 Å². The average Bonchev–Trinajstić information content (AvgIpc) is 2.84. The lowest BCUT2D eigenvalue weighted by Gasteiger charge is -2.21. The van der Waals surface area contributed by atoms with Gasteiger partial charge in [0.1, 0.15) is 5.75 Å². The van der Waals surface area contributed by atoms with Crippen LogP contribution >= 0.6 is 0 Å². The van der Waals surface area contributed by atoms with Gasteiger partial charge in [-0.05, 0) is 30.7 Å². The fourth-order valence-electron chi connectivity index (χ4n) is 2.49. The van der Waals surface area contributed by atoms with Gasteiger partial charge in [-0.3, -0.25) is 4.79 Å². The summed E-state index contributed by atoms with van der Waals surface area (Å²) in [4.78, 5) is 12.4. The van der Waals surface area contributed by atoms with Crippen molar-refractivity contribution in [3.8, 4) is 5.75 Å². The molecule has 0 aliphatic carbocycles. The number of benzene rings is 1. The van der Waals surface area contributed by atoms with Crippen molar-refractivity contribution in [2.24, 2.45) is 5.92 Å². The zero-order valence-electron chi connectivity index (χ0n) is 13.4. The van der Waals surface area contributed by atoms with Crippen molar-refractivity contribution < 1.29 is 23.1 Å². The minimum Gasteiger partial charge on any atom is -0.508 e. The molecule has 2 N–H and O–H groups in total. The van der Waals surface area contributed by atoms with Gasteiger partial charge in [0.05, 0.1) is 25.0 Å². The fraction of sp³-hybridized carbons (Fsp3) is 0.533. The van der Waals surface area contributed by atoms with Crippen molar-refractivity contribution in [1.29, 1.82) is 0 Å². The molecule has 8 heteroatoms. The largest absolute Gasteiger partial charge is 0.508 e. The van der Waals surface area contributed by atoms with Crippen molar-refractivity contribution in [2.45, 2.75) is 13.0 Å². The molecule has 1 heterocycles. The van der Waals surface area contributed by atoms with E-state index in [0.29, 0.717) is 17.7 Å². The lowest BCUT2D eigenvalue weighted by molar-refractivity contribution is 0.0925. The number of phenols is 1. The summed E-state index contributed by atoms with van der Waals surface area (Å²) in [5.74, 6) is -0.563. The van der Waals surface area contributed by atoms with E-state index in [-0.39, 0.29) is 36.0 Å². The third-order valence-electron chi connectivity index (χ3n) is 3.95. The van der Waals surface area contributed by atoms with E-state index >= 15 is 0 Å². The molecule has 1 amide bonds. The Kier molecular flexibility index (Phi) is 5.28. The van der Waals surface area contributed by atoms with E-state index in [4.69, 9.17) is 4.74 Å². The number of nitrogens with zero attached hydrogens (tertiary/aromatic N) is 1. The second-order valence-electron chi connectivity index (χ2n) is 5.94. The number of hydrogen-bond donors (Lipinski definition) is 2. The molecule has 0 unspecified atom stereocenters. The van der Waals surface area contributed by atoms with Crippen LogP contribution in [-0.4, -0.2) is 62.8 Å². The lowest BCUT2D eigenvalue weighted by Crippen LogP contribution is -2.43. The van der Waals surface area contributed by atoms with Crippen LogP contribution in [0.2, 0.25) is 0 Å². The first kappa shape index (κ1) is 17.7. The second kappa shape index (κ2) is 6.86. The van der Waals surface area contributed by atoms with Crippen LogP contribution in [0.4, 0.5) is 0 Å². The highest BCUT2D eigenvalue weighted by molar-refractivity contribution is 7.89. The van der Waals surface area contributed by atoms with Crippen molar-refractivity contribution in [1.82, 2.24) is 9.62 Å². The number of rotatable bonds is 5. The van der Waals surface area contributed by atoms with E-state index in [2.05, 4.69) is 5.32 Å². The van der Waals surface area contributed by atoms with Gasteiger partial charge in [-0.1, -0.05) is 0 Å². The van der Waals surface area contributed by atoms with Gasteiger partial charge in [-0.2, -0.15) is 0 Å². The zero-order chi connectivity index (χ0) is 17.2. The first-order valence-electron chi connectivity index (χ1n) is 7.29. The number of aromatic hydroxyl groups is 1. The first-order valence-corrected chi connectivity index (χ1v) is 8.90. The van der Waals surface area contributed by atoms with Gasteiger partial charge in [0.2, 0.25) is 10.0 Å². The Labute approximate surface area is 136 Å². The smallest absolute Gasteiger partial charge is 0.251 e. The molecule has 1 aliphatic heterocycles. The minimum atomic E-state index is -3.36. The number of phenolic OH excluding ortho intramolecular Hbond substituents is 1. The predicted octanol–water partition coefficient (Wildman–Crippen LogP) is 0.337. The van der Waals surface area contributed by atoms with Gasteiger partial charge >= 0.3 is 0 Å². The van der Waals surface area contributed by atoms with Crippen molar-refractivity contribution in [2.75, 3.05) is 33.1 Å². The van der Waals surface area contributed by atoms with E-state index in [0.717, 1.165) is 0 Å². The molecule has 1 saturated heterocycles. The predicted molar refractivity (Wildman–Crippen MR) is 85.9 cm³/mol. The third-order valence-corrected chi connectivity index (χ3v) is 5.91. The first-order chi connectivity index (χ1) is 10.7. The number of carbonyl (C=O) groups is 1. The Bertz CT molecular complexity index is 687. The number of carbonyl (C=O) groups excluding carboxylic acids is 1. The number of nitrogens with one attached hydrogen (secondary N) is 1. The maximum atomic E-state index is 12.4. The molecule has 128 valence electrons. The van der Waals surface area contributed by atoms with Crippen LogP contribution in [0, 0.1) is 12.8 Å². The summed E-state index contributed by atoms with van der Waals surface area (Å²) in [5, 5.41) is 12.2. The van der Waals surface area contributed by atoms with Gasteiger partial charge in [-0.15, -0.1) is 0 Å². The molecular weight excluding hydrogens is 320 g/mol. The summed E-state index contributed by atoms with van der Waals surface area (Å²) >= 11 is 0. The lowest BCUT2D eigenvalue weighted by atomic mass is 10.0. The van der Waals surface area contributed by atoms with Gasteiger partial charge < -0.3 is 15.2 Å². The van der Waals surface area contributed by atoms with Crippen LogP contribution in [0.1, 0.15) is 15.9 Å². The number of sulfonamides is 1. The molecule has 0 saturated carbocycles. The number of amides is 1. The quantitative estimate of drug-likeness (QED) is 0.804. The van der Waals surface area contributed by atoms with E-state index in [1.54, 1.807) is 13.0 Å². The summed E-state index contributed by atoms with van der Waals surface area (Å²) in [6.45, 7) is 2.32. The summed E-state index contributed by atoms with van der Waals surface area (Å²) in [6.07, 6.45) is 0. The Hall–Kier alpha value is -1.64. The SMILES string of the molecule is Cc1cc(O)ccc1C(=O)N[C@H]1COC[C@H]1CS(=O)(=O)N(C)C. The molecule has 7 nitrogen and oxygen atoms in total. The molecule has 2 rings (SSSR count). The molecule has 2 atom stereocenters. The number of aryl methyl sites for hydroxylation is 1. The Morgan fingerprint density at radius 2 is 2.09 bits per heavy atom. The standard InChI is InChI=1S/C15H22N2O5S/c1-10-6-12(18)4-5-13(10)15(19)16-14-8-22-7-11(14)9-23(20,21)17(2)3/h4-6,11,14,18H,7-9H2,1-3H3,(H,16,19)/t11-,14-/m0/s1. The molecule has 0 bridgehead atoms. The summed E-state index contributed by atoms with van der Waals surface area (Å²) < 4.78 is 30.5. The fourth-order valence-corrected chi connectivity index (χ4v) is 3.66. The summed E-state index contributed by atoms with van der Waals surface area (Å²) in [6, 6.07) is 4.14. The second-order valence-corrected chi connectivity index (χ2v) is 8.17. The molecule has 1 aromatic rings. The Balaban J connectivity index is 2.08. The number of hydrogen-bond acceptors (Lipinski definition) is 5. The van der Waals surface area contributed by atoms with Crippen molar-refractivity contribution in [3.05, 3.63) is 29.3 Å². The minimum absolute atomic E-state index is 0.0699. The van der Waals surface area contributed by atoms with Gasteiger partial charge in [0, 0.05) is 25.6 Å². The third kappa shape index (κ3) is 4.21. The van der Waals surface area contributed by atoms with Crippen LogP contribution in [0.15, 0.2) is 18.2 Å². The summed E-state index contributed by atoms with van der Waals surface area (Å²) in [7, 11) is -0.390. The monoisotopic (exact) mass is 342 g/mol. The Morgan fingerprint density at radius 1 is 1.39 bits per heavy atom. The van der Waals surface area contributed by atoms with Crippen LogP contribution in [0.3, 0.4) is 0 Å². The van der Waals surface area contributed by atoms with Crippen molar-refractivity contribution >= 4 is 15.9 Å². The maximum absolute atomic E-state index is 12.4. The summed E-state index contributed by atoms with van der Waals surface area (Å²) in [5.41, 5.74) is 1.10. The average molecular weight is 342 g/mol. The van der Waals surface area contributed by atoms with Crippen LogP contribution in [0.25, 0.3) is 0 Å². The van der Waals surface area contributed by atoms with Gasteiger partial charge in [0.15, 0.2) is 0 Å². The molecule has 0 radical (unpaired) electrons. The van der Waals surface area contributed by atoms with E-state index in [1.165, 1.54) is 30.5 Å². The normalized spacial score (nSPS) is 21.6. The highest BCUT2D eigenvalue weighted by atomic mass is 32.2. The van der Waals surface area contributed by atoms with Gasteiger partial charge in [-0.25, -0.2) is 12.7 Å². The highest BCUT2D eigenvalue weighted by Crippen LogP contribution is 2.19. The van der Waals surface area contributed by atoms with Gasteiger partial charge in [0.25, 0.3) is 5.91 Å². The maximum Gasteiger partial charge on any atom is 0.251 e. The van der Waals surface area contributed by atoms with Crippen LogP contribution < -0.4 is 5.32 Å². The molecule has 1 aromatic carbocycles. The van der Waals surface area contributed by atoms with Crippen LogP contribution in [0.5, 0.6) is 5.75 Å². The molecule has 0 aromatic heterocycles. The molecule has 0 spiro atoms. The molecular formula is C15H22N2O5S. The molecule has 23 heavy (non-hydrogen) atoms. The topological polar surface area (TPSA) is 95.9 Å².